The quantitative estimate of drug-likeness (QED) is 0.228. The van der Waals surface area contributed by atoms with Crippen LogP contribution in [0.1, 0.15) is 61.3 Å². The molecule has 5 rings (SSSR count). The van der Waals surface area contributed by atoms with Crippen LogP contribution in [0, 0.1) is 5.92 Å². The average Bonchev–Trinajstić information content (AvgIpc) is 3.29. The standard InChI is InChI=1S/C35H40ClNO5/c1-24(22-42-23-25-8-11-31(40-2)12-9-25)17-28-19-27-10-7-26(21-38)18-32(27)34(28)13-15-35(16-14-34,33(39)41-3)37-30-6-4-5-29(36)20-30/h4-12,18-20,24,37-38H,13-17,21-23H2,1-3H3/t24-,34?,35?/m1/s1. The molecule has 3 aromatic rings. The fraction of sp³-hybridized carbons (Fsp3) is 0.400. The van der Waals surface area contributed by atoms with E-state index in [2.05, 4.69) is 30.4 Å². The van der Waals surface area contributed by atoms with Crippen LogP contribution in [0.5, 0.6) is 5.75 Å². The molecule has 42 heavy (non-hydrogen) atoms. The highest BCUT2D eigenvalue weighted by molar-refractivity contribution is 6.30. The third-order valence-electron chi connectivity index (χ3n) is 8.90. The Bertz CT molecular complexity index is 1430. The molecule has 222 valence electrons. The van der Waals surface area contributed by atoms with E-state index in [1.54, 1.807) is 7.11 Å². The van der Waals surface area contributed by atoms with Crippen molar-refractivity contribution in [1.29, 1.82) is 0 Å². The van der Waals surface area contributed by atoms with Crippen LogP contribution >= 0.6 is 11.6 Å². The molecule has 0 radical (unpaired) electrons. The van der Waals surface area contributed by atoms with Gasteiger partial charge in [-0.15, -0.1) is 0 Å². The minimum absolute atomic E-state index is 0.00326. The van der Waals surface area contributed by atoms with Gasteiger partial charge in [0.1, 0.15) is 11.3 Å². The van der Waals surface area contributed by atoms with Crippen LogP contribution in [0.25, 0.3) is 6.08 Å². The highest BCUT2D eigenvalue weighted by Crippen LogP contribution is 2.55. The summed E-state index contributed by atoms with van der Waals surface area (Å²) in [6.07, 6.45) is 5.99. The Morgan fingerprint density at radius 3 is 2.40 bits per heavy atom. The summed E-state index contributed by atoms with van der Waals surface area (Å²) in [6.45, 7) is 3.42. The first-order valence-corrected chi connectivity index (χ1v) is 15.0. The van der Waals surface area contributed by atoms with Crippen molar-refractivity contribution >= 4 is 29.3 Å². The van der Waals surface area contributed by atoms with Crippen molar-refractivity contribution in [2.45, 2.75) is 63.2 Å². The molecular formula is C35H40ClNO5. The van der Waals surface area contributed by atoms with E-state index in [1.165, 1.54) is 23.8 Å². The summed E-state index contributed by atoms with van der Waals surface area (Å²) in [4.78, 5) is 13.3. The van der Waals surface area contributed by atoms with Gasteiger partial charge in [-0.1, -0.05) is 66.6 Å². The Morgan fingerprint density at radius 2 is 1.74 bits per heavy atom. The molecule has 7 heteroatoms. The molecule has 2 aliphatic carbocycles. The van der Waals surface area contributed by atoms with Crippen molar-refractivity contribution in [1.82, 2.24) is 0 Å². The molecule has 0 amide bonds. The Hall–Kier alpha value is -3.32. The number of aliphatic hydroxyl groups is 1. The van der Waals surface area contributed by atoms with Gasteiger partial charge in [-0.05, 0) is 90.6 Å². The predicted molar refractivity (Wildman–Crippen MR) is 167 cm³/mol. The number of hydrogen-bond acceptors (Lipinski definition) is 6. The van der Waals surface area contributed by atoms with Gasteiger partial charge in [0, 0.05) is 22.7 Å². The summed E-state index contributed by atoms with van der Waals surface area (Å²) in [5.41, 5.74) is 5.57. The van der Waals surface area contributed by atoms with E-state index in [-0.39, 0.29) is 18.0 Å². The number of carbonyl (C=O) groups is 1. The highest BCUT2D eigenvalue weighted by atomic mass is 35.5. The fourth-order valence-electron chi connectivity index (χ4n) is 6.64. The van der Waals surface area contributed by atoms with Gasteiger partial charge in [-0.25, -0.2) is 4.79 Å². The first kappa shape index (κ1) is 30.1. The van der Waals surface area contributed by atoms with Crippen molar-refractivity contribution in [3.63, 3.8) is 0 Å². The Morgan fingerprint density at radius 1 is 1.00 bits per heavy atom. The number of esters is 1. The van der Waals surface area contributed by atoms with Gasteiger partial charge < -0.3 is 24.6 Å². The number of aliphatic hydroxyl groups excluding tert-OH is 1. The molecule has 2 N–H and O–H groups in total. The molecule has 0 bridgehead atoms. The smallest absolute Gasteiger partial charge is 0.331 e. The normalized spacial score (nSPS) is 21.9. The summed E-state index contributed by atoms with van der Waals surface area (Å²) in [7, 11) is 3.11. The van der Waals surface area contributed by atoms with Gasteiger partial charge >= 0.3 is 5.97 Å². The van der Waals surface area contributed by atoms with Crippen LogP contribution in [0.2, 0.25) is 5.02 Å². The minimum atomic E-state index is -0.847. The van der Waals surface area contributed by atoms with Crippen molar-refractivity contribution in [3.05, 3.63) is 99.6 Å². The van der Waals surface area contributed by atoms with Gasteiger partial charge in [0.15, 0.2) is 0 Å². The molecule has 1 atom stereocenters. The highest BCUT2D eigenvalue weighted by Gasteiger charge is 2.52. The van der Waals surface area contributed by atoms with E-state index < -0.39 is 5.54 Å². The molecule has 1 fully saturated rings. The lowest BCUT2D eigenvalue weighted by molar-refractivity contribution is -0.147. The predicted octanol–water partition coefficient (Wildman–Crippen LogP) is 7.32. The second-order valence-electron chi connectivity index (χ2n) is 11.7. The van der Waals surface area contributed by atoms with Crippen LogP contribution in [0.15, 0.2) is 72.3 Å². The lowest BCUT2D eigenvalue weighted by atomic mass is 9.61. The number of benzene rings is 3. The number of fused-ring (bicyclic) bond motifs is 2. The molecule has 3 aromatic carbocycles. The van der Waals surface area contributed by atoms with Crippen molar-refractivity contribution in [3.8, 4) is 5.75 Å². The monoisotopic (exact) mass is 589 g/mol. The number of carbonyl (C=O) groups excluding carboxylic acids is 1. The molecule has 1 saturated carbocycles. The van der Waals surface area contributed by atoms with Crippen LogP contribution in [0.3, 0.4) is 0 Å². The topological polar surface area (TPSA) is 77.0 Å². The summed E-state index contributed by atoms with van der Waals surface area (Å²) < 4.78 is 16.7. The Kier molecular flexibility index (Phi) is 9.26. The first-order chi connectivity index (χ1) is 20.3. The number of ether oxygens (including phenoxy) is 3. The number of allylic oxidation sites excluding steroid dienone is 1. The summed E-state index contributed by atoms with van der Waals surface area (Å²) in [5.74, 6) is 0.876. The van der Waals surface area contributed by atoms with E-state index in [0.29, 0.717) is 37.0 Å². The number of halogens is 1. The van der Waals surface area contributed by atoms with E-state index in [0.717, 1.165) is 41.8 Å². The summed E-state index contributed by atoms with van der Waals surface area (Å²) in [6, 6.07) is 21.7. The average molecular weight is 590 g/mol. The molecule has 1 spiro atoms. The molecular weight excluding hydrogens is 550 g/mol. The Balaban J connectivity index is 1.34. The van der Waals surface area contributed by atoms with Gasteiger partial charge in [0.05, 0.1) is 27.4 Å². The zero-order chi connectivity index (χ0) is 29.7. The van der Waals surface area contributed by atoms with Gasteiger partial charge in [-0.3, -0.25) is 0 Å². The van der Waals surface area contributed by atoms with E-state index >= 15 is 0 Å². The van der Waals surface area contributed by atoms with Crippen molar-refractivity contribution in [2.75, 3.05) is 26.1 Å². The zero-order valence-electron chi connectivity index (χ0n) is 24.6. The second-order valence-corrected chi connectivity index (χ2v) is 12.1. The van der Waals surface area contributed by atoms with Gasteiger partial charge in [0.25, 0.3) is 0 Å². The number of hydrogen-bond donors (Lipinski definition) is 2. The first-order valence-electron chi connectivity index (χ1n) is 14.6. The summed E-state index contributed by atoms with van der Waals surface area (Å²) >= 11 is 6.26. The lowest BCUT2D eigenvalue weighted by Gasteiger charge is -2.46. The second kappa shape index (κ2) is 12.9. The van der Waals surface area contributed by atoms with E-state index in [9.17, 15) is 9.90 Å². The maximum atomic E-state index is 13.3. The fourth-order valence-corrected chi connectivity index (χ4v) is 6.83. The molecule has 0 aromatic heterocycles. The number of nitrogens with one attached hydrogen (secondary N) is 1. The number of methoxy groups -OCH3 is 2. The maximum absolute atomic E-state index is 13.3. The third kappa shape index (κ3) is 6.22. The number of anilines is 1. The third-order valence-corrected chi connectivity index (χ3v) is 9.14. The molecule has 0 heterocycles. The van der Waals surface area contributed by atoms with E-state index in [4.69, 9.17) is 25.8 Å². The molecule has 0 aliphatic heterocycles. The molecule has 0 unspecified atom stereocenters. The Labute approximate surface area is 253 Å². The molecule has 2 aliphatic rings. The van der Waals surface area contributed by atoms with E-state index in [1.807, 2.05) is 54.6 Å². The summed E-state index contributed by atoms with van der Waals surface area (Å²) in [5, 5.41) is 14.1. The minimum Gasteiger partial charge on any atom is -0.497 e. The lowest BCUT2D eigenvalue weighted by Crippen LogP contribution is -2.52. The number of rotatable bonds is 11. The van der Waals surface area contributed by atoms with Gasteiger partial charge in [-0.2, -0.15) is 0 Å². The molecule has 0 saturated heterocycles. The van der Waals surface area contributed by atoms with Crippen LogP contribution in [0.4, 0.5) is 5.69 Å². The SMILES string of the molecule is COC(=O)C1(Nc2cccc(Cl)c2)CCC2(CC1)C(C[C@@H](C)COCc1ccc(OC)cc1)=Cc1ccc(CO)cc12. The maximum Gasteiger partial charge on any atom is 0.331 e. The largest absolute Gasteiger partial charge is 0.497 e. The zero-order valence-corrected chi connectivity index (χ0v) is 25.4. The van der Waals surface area contributed by atoms with Crippen LogP contribution < -0.4 is 10.1 Å². The van der Waals surface area contributed by atoms with Crippen molar-refractivity contribution in [2.24, 2.45) is 5.92 Å². The van der Waals surface area contributed by atoms with Crippen molar-refractivity contribution < 1.29 is 24.1 Å². The van der Waals surface area contributed by atoms with Gasteiger partial charge in [0.2, 0.25) is 0 Å². The van der Waals surface area contributed by atoms with Crippen LogP contribution in [-0.2, 0) is 32.9 Å². The van der Waals surface area contributed by atoms with Crippen LogP contribution in [-0.4, -0.2) is 37.4 Å². The molecule has 6 nitrogen and oxygen atoms in total.